The molecule has 0 aliphatic carbocycles. The molecular formula is C8H8S. The molecule has 0 radical (unpaired) electrons. The molecule has 0 aliphatic rings. The van der Waals surface area contributed by atoms with Gasteiger partial charge in [-0.1, -0.05) is 25.3 Å². The third-order valence-corrected chi connectivity index (χ3v) is 1.67. The van der Waals surface area contributed by atoms with Gasteiger partial charge < -0.3 is 0 Å². The fraction of sp³-hybridized carbons (Fsp3) is 0. The zero-order valence-electron chi connectivity index (χ0n) is 5.09. The number of hydrogen-bond acceptors (Lipinski definition) is 1. The molecule has 1 heteroatoms. The minimum Gasteiger partial charge on any atom is -0.143 e. The fourth-order valence-corrected chi connectivity index (χ4v) is 0.851. The van der Waals surface area contributed by atoms with Gasteiger partial charge in [0, 0.05) is 4.90 Å². The van der Waals surface area contributed by atoms with Crippen molar-refractivity contribution in [3.8, 4) is 0 Å². The van der Waals surface area contributed by atoms with Gasteiger partial charge >= 0.3 is 0 Å². The third-order valence-electron chi connectivity index (χ3n) is 1.25. The monoisotopic (exact) mass is 136 g/mol. The molecule has 0 fully saturated rings. The van der Waals surface area contributed by atoms with Crippen LogP contribution in [0.4, 0.5) is 0 Å². The molecule has 0 N–H and O–H groups in total. The Hall–Kier alpha value is -0.690. The predicted octanol–water partition coefficient (Wildman–Crippen LogP) is 0.796. The van der Waals surface area contributed by atoms with Crippen LogP contribution in [-0.2, 0) is 0 Å². The van der Waals surface area contributed by atoms with Gasteiger partial charge in [0.2, 0.25) is 0 Å². The average Bonchev–Trinajstić information content (AvgIpc) is 1.83. The summed E-state index contributed by atoms with van der Waals surface area (Å²) in [4.78, 5) is 0.905. The molecule has 1 aromatic carbocycles. The summed E-state index contributed by atoms with van der Waals surface area (Å²) in [6, 6.07) is 5.74. The van der Waals surface area contributed by atoms with Crippen LogP contribution in [0.25, 0.3) is 13.2 Å². The maximum atomic E-state index is 4.17. The summed E-state index contributed by atoms with van der Waals surface area (Å²) in [6.45, 7) is 7.55. The summed E-state index contributed by atoms with van der Waals surface area (Å²) < 4.78 is 0. The Morgan fingerprint density at radius 1 is 1.22 bits per heavy atom. The molecule has 1 rings (SSSR count). The van der Waals surface area contributed by atoms with Gasteiger partial charge in [0.1, 0.15) is 0 Å². The second-order valence-corrected chi connectivity index (χ2v) is 2.40. The van der Waals surface area contributed by atoms with Crippen molar-refractivity contribution < 1.29 is 0 Å². The van der Waals surface area contributed by atoms with Crippen LogP contribution in [0.5, 0.6) is 0 Å². The molecule has 46 valence electrons. The zero-order chi connectivity index (χ0) is 6.85. The van der Waals surface area contributed by atoms with E-state index in [2.05, 4.69) is 25.8 Å². The van der Waals surface area contributed by atoms with E-state index in [4.69, 9.17) is 0 Å². The Balaban J connectivity index is 3.63. The molecule has 9 heavy (non-hydrogen) atoms. The summed E-state index contributed by atoms with van der Waals surface area (Å²) in [5.41, 5.74) is 0. The molecule has 0 aliphatic heterocycles. The van der Waals surface area contributed by atoms with Crippen molar-refractivity contribution in [1.29, 1.82) is 0 Å². The minimum atomic E-state index is 0.905. The topological polar surface area (TPSA) is 0 Å². The molecule has 0 aromatic heterocycles. The number of rotatable bonds is 0. The fourth-order valence-electron chi connectivity index (χ4n) is 0.621. The average molecular weight is 136 g/mol. The van der Waals surface area contributed by atoms with Crippen LogP contribution in [0.2, 0.25) is 0 Å². The molecule has 0 heterocycles. The quantitative estimate of drug-likeness (QED) is 0.501. The molecule has 0 spiro atoms. The number of thiol groups is 1. The second kappa shape index (κ2) is 2.28. The molecule has 0 atom stereocenters. The summed E-state index contributed by atoms with van der Waals surface area (Å²) >= 11 is 4.17. The number of hydrogen-bond donors (Lipinski definition) is 1. The van der Waals surface area contributed by atoms with Gasteiger partial charge in [-0.25, -0.2) is 0 Å². The van der Waals surface area contributed by atoms with Crippen molar-refractivity contribution in [2.45, 2.75) is 4.90 Å². The summed E-state index contributed by atoms with van der Waals surface area (Å²) in [5, 5.41) is 1.86. The first-order valence-corrected chi connectivity index (χ1v) is 3.12. The third kappa shape index (κ3) is 1.16. The molecule has 0 unspecified atom stereocenters. The molecule has 0 bridgehead atoms. The van der Waals surface area contributed by atoms with Crippen molar-refractivity contribution in [3.05, 3.63) is 28.6 Å². The molecule has 1 aromatic rings. The maximum absolute atomic E-state index is 4.17. The molecule has 0 nitrogen and oxygen atoms in total. The van der Waals surface area contributed by atoms with Gasteiger partial charge in [-0.3, -0.25) is 0 Å². The highest BCUT2D eigenvalue weighted by Gasteiger charge is 1.82. The van der Waals surface area contributed by atoms with E-state index in [0.29, 0.717) is 0 Å². The maximum Gasteiger partial charge on any atom is 0.0112 e. The Morgan fingerprint density at radius 2 is 1.89 bits per heavy atom. The van der Waals surface area contributed by atoms with E-state index in [9.17, 15) is 0 Å². The smallest absolute Gasteiger partial charge is 0.0112 e. The molecule has 0 saturated heterocycles. The normalized spacial score (nSPS) is 9.44. The largest absolute Gasteiger partial charge is 0.143 e. The van der Waals surface area contributed by atoms with E-state index in [1.807, 2.05) is 18.2 Å². The van der Waals surface area contributed by atoms with E-state index in [1.54, 1.807) is 0 Å². The van der Waals surface area contributed by atoms with Crippen molar-refractivity contribution in [3.63, 3.8) is 0 Å². The van der Waals surface area contributed by atoms with E-state index < -0.39 is 0 Å². The highest BCUT2D eigenvalue weighted by atomic mass is 32.1. The van der Waals surface area contributed by atoms with Crippen LogP contribution >= 0.6 is 12.6 Å². The van der Waals surface area contributed by atoms with Gasteiger partial charge in [0.15, 0.2) is 0 Å². The van der Waals surface area contributed by atoms with Crippen LogP contribution in [0, 0.1) is 0 Å². The first-order valence-electron chi connectivity index (χ1n) is 2.67. The van der Waals surface area contributed by atoms with Gasteiger partial charge in [-0.05, 0) is 16.5 Å². The van der Waals surface area contributed by atoms with Crippen molar-refractivity contribution in [1.82, 2.24) is 0 Å². The summed E-state index contributed by atoms with van der Waals surface area (Å²) in [5.74, 6) is 0. The lowest BCUT2D eigenvalue weighted by atomic mass is 10.3. The van der Waals surface area contributed by atoms with Crippen LogP contribution in [0.1, 0.15) is 0 Å². The summed E-state index contributed by atoms with van der Waals surface area (Å²) in [6.07, 6.45) is 0. The highest BCUT2D eigenvalue weighted by Crippen LogP contribution is 1.91. The van der Waals surface area contributed by atoms with Gasteiger partial charge in [0.25, 0.3) is 0 Å². The van der Waals surface area contributed by atoms with Crippen LogP contribution < -0.4 is 10.4 Å². The Morgan fingerprint density at radius 3 is 2.33 bits per heavy atom. The van der Waals surface area contributed by atoms with Crippen molar-refractivity contribution in [2.24, 2.45) is 0 Å². The highest BCUT2D eigenvalue weighted by molar-refractivity contribution is 7.80. The Kier molecular flexibility index (Phi) is 1.63. The first kappa shape index (κ1) is 6.43. The van der Waals surface area contributed by atoms with Gasteiger partial charge in [-0.15, -0.1) is 12.6 Å². The van der Waals surface area contributed by atoms with Crippen LogP contribution in [-0.4, -0.2) is 0 Å². The van der Waals surface area contributed by atoms with Gasteiger partial charge in [0.05, 0.1) is 0 Å². The molecule has 0 amide bonds. The SMILES string of the molecule is C=c1cccc(S)c1=C. The van der Waals surface area contributed by atoms with Crippen molar-refractivity contribution >= 4 is 25.8 Å². The van der Waals surface area contributed by atoms with E-state index in [1.165, 1.54) is 0 Å². The lowest BCUT2D eigenvalue weighted by molar-refractivity contribution is 1.36. The number of benzene rings is 1. The minimum absolute atomic E-state index is 0.905. The summed E-state index contributed by atoms with van der Waals surface area (Å²) in [7, 11) is 0. The molecular weight excluding hydrogens is 128 g/mol. The lowest BCUT2D eigenvalue weighted by Gasteiger charge is -1.89. The van der Waals surface area contributed by atoms with E-state index in [-0.39, 0.29) is 0 Å². The first-order chi connectivity index (χ1) is 4.22. The Bertz CT molecular complexity index is 301. The second-order valence-electron chi connectivity index (χ2n) is 1.91. The van der Waals surface area contributed by atoms with E-state index >= 15 is 0 Å². The van der Waals surface area contributed by atoms with Crippen LogP contribution in [0.3, 0.4) is 0 Å². The van der Waals surface area contributed by atoms with Gasteiger partial charge in [-0.2, -0.15) is 0 Å². The molecule has 0 saturated carbocycles. The van der Waals surface area contributed by atoms with Crippen LogP contribution in [0.15, 0.2) is 23.1 Å². The predicted molar refractivity (Wildman–Crippen MR) is 44.0 cm³/mol. The Labute approximate surface area is 59.9 Å². The van der Waals surface area contributed by atoms with Crippen molar-refractivity contribution in [2.75, 3.05) is 0 Å². The standard InChI is InChI=1S/C8H8S/c1-6-4-3-5-8(9)7(6)2/h3-5,9H,1-2H2. The lowest BCUT2D eigenvalue weighted by Crippen LogP contribution is -2.21. The van der Waals surface area contributed by atoms with E-state index in [0.717, 1.165) is 15.3 Å². The zero-order valence-corrected chi connectivity index (χ0v) is 5.99.